The monoisotopic (exact) mass is 970 g/mol. The van der Waals surface area contributed by atoms with Crippen molar-refractivity contribution in [3.8, 4) is 0 Å². The summed E-state index contributed by atoms with van der Waals surface area (Å²) in [5.41, 5.74) is 0. The minimum Gasteiger partial charge on any atom is -0.544 e. The largest absolute Gasteiger partial charge is 0.544 e. The third kappa shape index (κ3) is 50.0. The lowest BCUT2D eigenvalue weighted by Crippen LogP contribution is -2.55. The van der Waals surface area contributed by atoms with E-state index in [0.29, 0.717) is 12.8 Å². The Morgan fingerprint density at radius 2 is 0.768 bits per heavy atom. The smallest absolute Gasteiger partial charge is 0.306 e. The van der Waals surface area contributed by atoms with Crippen LogP contribution in [0, 0.1) is 0 Å². The van der Waals surface area contributed by atoms with Crippen molar-refractivity contribution in [3.63, 3.8) is 0 Å². The normalized spacial score (nSPS) is 13.1. The molecule has 2 unspecified atom stereocenters. The van der Waals surface area contributed by atoms with Crippen molar-refractivity contribution in [2.45, 2.75) is 283 Å². The number of quaternary nitrogens is 1. The zero-order valence-corrected chi connectivity index (χ0v) is 46.0. The van der Waals surface area contributed by atoms with Crippen molar-refractivity contribution >= 4 is 17.9 Å². The number of carboxylic acid groups (broad SMARTS) is 1. The number of esters is 2. The summed E-state index contributed by atoms with van der Waals surface area (Å²) in [7, 11) is 5.42. The van der Waals surface area contributed by atoms with Crippen LogP contribution in [0.2, 0.25) is 0 Å². The molecule has 0 aromatic rings. The number of carbonyl (C=O) groups is 3. The fourth-order valence-corrected chi connectivity index (χ4v) is 8.66. The van der Waals surface area contributed by atoms with Crippen LogP contribution in [-0.2, 0) is 28.6 Å². The maximum atomic E-state index is 12.8. The third-order valence-corrected chi connectivity index (χ3v) is 13.2. The Kier molecular flexibility index (Phi) is 49.6. The van der Waals surface area contributed by atoms with Crippen LogP contribution >= 0.6 is 0 Å². The predicted molar refractivity (Wildman–Crippen MR) is 291 cm³/mol. The molecule has 0 aliphatic rings. The molecule has 0 N–H and O–H groups in total. The molecule has 0 bridgehead atoms. The van der Waals surface area contributed by atoms with Gasteiger partial charge in [0, 0.05) is 19.3 Å². The maximum absolute atomic E-state index is 12.8. The van der Waals surface area contributed by atoms with Crippen molar-refractivity contribution in [2.75, 3.05) is 41.0 Å². The Morgan fingerprint density at radius 3 is 1.17 bits per heavy atom. The van der Waals surface area contributed by atoms with Gasteiger partial charge in [-0.2, -0.15) is 0 Å². The lowest BCUT2D eigenvalue weighted by molar-refractivity contribution is -0.889. The van der Waals surface area contributed by atoms with Crippen LogP contribution in [0.15, 0.2) is 48.6 Å². The van der Waals surface area contributed by atoms with Gasteiger partial charge in [0.2, 0.25) is 0 Å². The molecule has 69 heavy (non-hydrogen) atoms. The lowest BCUT2D eigenvalue weighted by Gasteiger charge is -2.34. The molecule has 2 atom stereocenters. The Bertz CT molecular complexity index is 1270. The molecular weight excluding hydrogens is 859 g/mol. The molecule has 0 radical (unpaired) electrons. The van der Waals surface area contributed by atoms with E-state index in [2.05, 4.69) is 62.5 Å². The molecular formula is C61H111NO7. The highest BCUT2D eigenvalue weighted by Gasteiger charge is 2.25. The zero-order chi connectivity index (χ0) is 50.6. The van der Waals surface area contributed by atoms with Crippen LogP contribution in [0.1, 0.15) is 271 Å². The molecule has 402 valence electrons. The quantitative estimate of drug-likeness (QED) is 0.0259. The van der Waals surface area contributed by atoms with Gasteiger partial charge in [-0.05, 0) is 77.0 Å². The standard InChI is InChI=1S/C61H111NO7/c1-6-8-10-12-14-16-18-20-22-24-26-28-30-32-34-36-38-40-42-44-46-48-50-52-60(64)69-57(55-67-54-53-58(61(65)66)62(3,4)5)56-68-59(63)51-49-47-45-43-41-39-37-35-33-31-29-27-25-23-21-19-17-15-13-11-9-7-2/h15,17,21,23,27,29,32,34,57-58H,6-14,16,18-20,22,24-26,28,30-31,33,35-56H2,1-5H3/b17-15+,23-21+,29-27+,34-32+. The number of unbranched alkanes of at least 4 members (excludes halogenated alkanes) is 31. The van der Waals surface area contributed by atoms with Crippen LogP contribution in [-0.4, -0.2) is 75.5 Å². The van der Waals surface area contributed by atoms with Gasteiger partial charge in [-0.15, -0.1) is 0 Å². The predicted octanol–water partition coefficient (Wildman–Crippen LogP) is 16.2. The summed E-state index contributed by atoms with van der Waals surface area (Å²) >= 11 is 0. The lowest BCUT2D eigenvalue weighted by atomic mass is 10.0. The average Bonchev–Trinajstić information content (AvgIpc) is 3.31. The number of allylic oxidation sites excluding steroid dienone is 8. The molecule has 8 heteroatoms. The van der Waals surface area contributed by atoms with E-state index in [-0.39, 0.29) is 42.7 Å². The average molecular weight is 971 g/mol. The Hall–Kier alpha value is -2.71. The molecule has 0 amide bonds. The second-order valence-electron chi connectivity index (χ2n) is 20.9. The van der Waals surface area contributed by atoms with Gasteiger partial charge >= 0.3 is 11.9 Å². The number of likely N-dealkylation sites (N-methyl/N-ethyl adjacent to an activating group) is 1. The van der Waals surface area contributed by atoms with Gasteiger partial charge in [0.1, 0.15) is 12.6 Å². The van der Waals surface area contributed by atoms with Gasteiger partial charge in [-0.1, -0.05) is 223 Å². The van der Waals surface area contributed by atoms with Gasteiger partial charge in [0.25, 0.3) is 0 Å². The van der Waals surface area contributed by atoms with Gasteiger partial charge in [-0.25, -0.2) is 0 Å². The molecule has 0 aromatic carbocycles. The molecule has 0 heterocycles. The fourth-order valence-electron chi connectivity index (χ4n) is 8.66. The summed E-state index contributed by atoms with van der Waals surface area (Å²) in [6.07, 6.45) is 64.4. The molecule has 0 aromatic heterocycles. The van der Waals surface area contributed by atoms with Gasteiger partial charge < -0.3 is 28.6 Å². The van der Waals surface area contributed by atoms with E-state index in [1.54, 1.807) is 0 Å². The summed E-state index contributed by atoms with van der Waals surface area (Å²) in [4.78, 5) is 37.2. The van der Waals surface area contributed by atoms with Crippen LogP contribution in [0.5, 0.6) is 0 Å². The highest BCUT2D eigenvalue weighted by atomic mass is 16.6. The van der Waals surface area contributed by atoms with E-state index in [1.165, 1.54) is 180 Å². The SMILES string of the molecule is CCCCC/C=C/C/C=C/C/C=C/CCCCCCCCCCCC(=O)OCC(COCCC(C(=O)[O-])[N+](C)(C)C)OC(=O)CCCCCCCCC/C=C/CCCCCCCCCCCCCC. The highest BCUT2D eigenvalue weighted by molar-refractivity contribution is 5.70. The van der Waals surface area contributed by atoms with Crippen LogP contribution < -0.4 is 5.11 Å². The number of ether oxygens (including phenoxy) is 3. The number of hydrogen-bond donors (Lipinski definition) is 0. The first-order chi connectivity index (χ1) is 33.6. The summed E-state index contributed by atoms with van der Waals surface area (Å²) in [6.45, 7) is 4.67. The van der Waals surface area contributed by atoms with Gasteiger partial charge in [-0.3, -0.25) is 9.59 Å². The van der Waals surface area contributed by atoms with Crippen molar-refractivity contribution in [1.29, 1.82) is 0 Å². The summed E-state index contributed by atoms with van der Waals surface area (Å²) < 4.78 is 17.3. The second-order valence-corrected chi connectivity index (χ2v) is 20.9. The summed E-state index contributed by atoms with van der Waals surface area (Å²) in [5, 5.41) is 11.7. The first kappa shape index (κ1) is 66.3. The summed E-state index contributed by atoms with van der Waals surface area (Å²) in [6, 6.07) is -0.729. The molecule has 8 nitrogen and oxygen atoms in total. The number of aliphatic carboxylic acids is 1. The van der Waals surface area contributed by atoms with E-state index in [4.69, 9.17) is 14.2 Å². The Labute approximate surface area is 426 Å². The van der Waals surface area contributed by atoms with E-state index >= 15 is 0 Å². The maximum Gasteiger partial charge on any atom is 0.306 e. The van der Waals surface area contributed by atoms with Crippen molar-refractivity contribution in [2.24, 2.45) is 0 Å². The molecule has 0 saturated carbocycles. The van der Waals surface area contributed by atoms with Gasteiger partial charge in [0.15, 0.2) is 6.10 Å². The van der Waals surface area contributed by atoms with Crippen molar-refractivity contribution in [3.05, 3.63) is 48.6 Å². The Balaban J connectivity index is 4.18. The van der Waals surface area contributed by atoms with Gasteiger partial charge in [0.05, 0.1) is 40.3 Å². The first-order valence-electron chi connectivity index (χ1n) is 29.2. The van der Waals surface area contributed by atoms with E-state index in [0.717, 1.165) is 57.8 Å². The highest BCUT2D eigenvalue weighted by Crippen LogP contribution is 2.16. The minimum absolute atomic E-state index is 0.0381. The van der Waals surface area contributed by atoms with Crippen LogP contribution in [0.4, 0.5) is 0 Å². The number of nitrogens with zero attached hydrogens (tertiary/aromatic N) is 1. The van der Waals surface area contributed by atoms with E-state index < -0.39 is 18.1 Å². The molecule has 0 spiro atoms. The van der Waals surface area contributed by atoms with E-state index in [9.17, 15) is 19.5 Å². The molecule has 0 fully saturated rings. The topological polar surface area (TPSA) is 102 Å². The first-order valence-corrected chi connectivity index (χ1v) is 29.2. The van der Waals surface area contributed by atoms with Crippen LogP contribution in [0.25, 0.3) is 0 Å². The number of hydrogen-bond acceptors (Lipinski definition) is 7. The van der Waals surface area contributed by atoms with Crippen molar-refractivity contribution in [1.82, 2.24) is 0 Å². The second kappa shape index (κ2) is 51.6. The minimum atomic E-state index is -1.12. The zero-order valence-electron chi connectivity index (χ0n) is 46.0. The van der Waals surface area contributed by atoms with Crippen LogP contribution in [0.3, 0.4) is 0 Å². The number of carboxylic acids is 1. The fraction of sp³-hybridized carbons (Fsp3) is 0.820. The molecule has 0 rings (SSSR count). The Morgan fingerprint density at radius 1 is 0.435 bits per heavy atom. The third-order valence-electron chi connectivity index (χ3n) is 13.2. The van der Waals surface area contributed by atoms with E-state index in [1.807, 2.05) is 21.1 Å². The molecule has 0 aliphatic carbocycles. The number of rotatable bonds is 53. The molecule has 0 aliphatic heterocycles. The van der Waals surface area contributed by atoms with Crippen molar-refractivity contribution < 1.29 is 38.2 Å². The summed E-state index contributed by atoms with van der Waals surface area (Å²) in [5.74, 6) is -1.73. The molecule has 0 saturated heterocycles. The number of carbonyl (C=O) groups excluding carboxylic acids is 3.